The maximum absolute atomic E-state index is 12.6. The lowest BCUT2D eigenvalue weighted by molar-refractivity contribution is 0.0993. The van der Waals surface area contributed by atoms with E-state index in [4.69, 9.17) is 0 Å². The predicted molar refractivity (Wildman–Crippen MR) is 98.7 cm³/mol. The van der Waals surface area contributed by atoms with Crippen LogP contribution in [0.3, 0.4) is 0 Å². The fourth-order valence-corrected chi connectivity index (χ4v) is 2.71. The molecule has 4 heteroatoms. The second kappa shape index (κ2) is 7.01. The minimum Gasteiger partial charge on any atom is -0.294 e. The minimum atomic E-state index is 0.0410. The van der Waals surface area contributed by atoms with Gasteiger partial charge in [-0.15, -0.1) is 0 Å². The Kier molecular flexibility index (Phi) is 4.79. The Balaban J connectivity index is 1.69. The van der Waals surface area contributed by atoms with E-state index in [9.17, 15) is 4.79 Å². The van der Waals surface area contributed by atoms with Crippen LogP contribution >= 0.6 is 0 Å². The Bertz CT molecular complexity index is 844. The largest absolute Gasteiger partial charge is 0.294 e. The molecule has 4 nitrogen and oxygen atoms in total. The van der Waals surface area contributed by atoms with E-state index in [0.717, 1.165) is 16.7 Å². The summed E-state index contributed by atoms with van der Waals surface area (Å²) >= 11 is 0. The molecule has 0 aliphatic rings. The summed E-state index contributed by atoms with van der Waals surface area (Å²) in [4.78, 5) is 16.6. The molecule has 3 rings (SSSR count). The predicted octanol–water partition coefficient (Wildman–Crippen LogP) is 4.05. The summed E-state index contributed by atoms with van der Waals surface area (Å²) in [5, 5.41) is 4.10. The van der Waals surface area contributed by atoms with Crippen LogP contribution in [0.4, 0.5) is 0 Å². The van der Waals surface area contributed by atoms with E-state index in [1.165, 1.54) is 11.9 Å². The van der Waals surface area contributed by atoms with Gasteiger partial charge >= 0.3 is 0 Å². The molecule has 0 amide bonds. The average molecular weight is 333 g/mol. The van der Waals surface area contributed by atoms with Crippen molar-refractivity contribution < 1.29 is 4.79 Å². The SMILES string of the molecule is CC(C)(C)c1cccc(C(=O)Cc2ccc(Cn3cncn3)cc2)c1. The van der Waals surface area contributed by atoms with Crippen LogP contribution in [0.2, 0.25) is 0 Å². The molecular formula is C21H23N3O. The molecule has 1 aromatic heterocycles. The number of aromatic nitrogens is 3. The Hall–Kier alpha value is -2.75. The topological polar surface area (TPSA) is 47.8 Å². The van der Waals surface area contributed by atoms with Crippen LogP contribution < -0.4 is 0 Å². The zero-order valence-electron chi connectivity index (χ0n) is 14.9. The van der Waals surface area contributed by atoms with Gasteiger partial charge in [0, 0.05) is 12.0 Å². The first-order valence-electron chi connectivity index (χ1n) is 8.46. The van der Waals surface area contributed by atoms with Crippen molar-refractivity contribution in [2.24, 2.45) is 0 Å². The normalized spacial score (nSPS) is 11.5. The molecule has 0 aliphatic heterocycles. The molecule has 0 saturated carbocycles. The average Bonchev–Trinajstić information content (AvgIpc) is 3.09. The van der Waals surface area contributed by atoms with Crippen LogP contribution in [0.15, 0.2) is 61.2 Å². The Morgan fingerprint density at radius 3 is 2.40 bits per heavy atom. The van der Waals surface area contributed by atoms with Crippen molar-refractivity contribution in [1.29, 1.82) is 0 Å². The van der Waals surface area contributed by atoms with Gasteiger partial charge in [-0.1, -0.05) is 63.2 Å². The molecule has 2 aromatic carbocycles. The van der Waals surface area contributed by atoms with E-state index >= 15 is 0 Å². The fourth-order valence-electron chi connectivity index (χ4n) is 2.71. The lowest BCUT2D eigenvalue weighted by Crippen LogP contribution is -2.12. The number of rotatable bonds is 5. The highest BCUT2D eigenvalue weighted by Crippen LogP contribution is 2.23. The van der Waals surface area contributed by atoms with Crippen molar-refractivity contribution in [3.05, 3.63) is 83.4 Å². The molecule has 0 saturated heterocycles. The molecule has 1 heterocycles. The van der Waals surface area contributed by atoms with Crippen molar-refractivity contribution in [3.63, 3.8) is 0 Å². The van der Waals surface area contributed by atoms with E-state index in [-0.39, 0.29) is 11.2 Å². The van der Waals surface area contributed by atoms with Gasteiger partial charge < -0.3 is 0 Å². The molecule has 0 spiro atoms. The quantitative estimate of drug-likeness (QED) is 0.662. The molecule has 3 aromatic rings. The first kappa shape index (κ1) is 17.1. The highest BCUT2D eigenvalue weighted by Gasteiger charge is 2.15. The number of hydrogen-bond donors (Lipinski definition) is 0. The number of ketones is 1. The van der Waals surface area contributed by atoms with Gasteiger partial charge in [0.15, 0.2) is 5.78 Å². The molecule has 0 unspecified atom stereocenters. The summed E-state index contributed by atoms with van der Waals surface area (Å²) < 4.78 is 1.78. The third-order valence-corrected chi connectivity index (χ3v) is 4.25. The molecule has 25 heavy (non-hydrogen) atoms. The maximum Gasteiger partial charge on any atom is 0.167 e. The fraction of sp³-hybridized carbons (Fsp3) is 0.286. The standard InChI is InChI=1S/C21H23N3O/c1-21(2,3)19-6-4-5-18(12-19)20(25)11-16-7-9-17(10-8-16)13-24-15-22-14-23-24/h4-10,12,14-15H,11,13H2,1-3H3. The zero-order valence-corrected chi connectivity index (χ0v) is 14.9. The number of hydrogen-bond acceptors (Lipinski definition) is 3. The van der Waals surface area contributed by atoms with Gasteiger partial charge in [-0.25, -0.2) is 9.67 Å². The van der Waals surface area contributed by atoms with Gasteiger partial charge in [0.2, 0.25) is 0 Å². The van der Waals surface area contributed by atoms with Crippen molar-refractivity contribution in [1.82, 2.24) is 14.8 Å². The van der Waals surface area contributed by atoms with E-state index < -0.39 is 0 Å². The maximum atomic E-state index is 12.6. The van der Waals surface area contributed by atoms with Crippen molar-refractivity contribution in [2.45, 2.75) is 39.2 Å². The molecule has 128 valence electrons. The van der Waals surface area contributed by atoms with Gasteiger partial charge in [-0.3, -0.25) is 4.79 Å². The highest BCUT2D eigenvalue weighted by molar-refractivity contribution is 5.97. The van der Waals surface area contributed by atoms with Crippen molar-refractivity contribution in [3.8, 4) is 0 Å². The molecule has 0 fully saturated rings. The summed E-state index contributed by atoms with van der Waals surface area (Å²) in [6.45, 7) is 7.15. The van der Waals surface area contributed by atoms with Crippen LogP contribution in [0.5, 0.6) is 0 Å². The van der Waals surface area contributed by atoms with Crippen molar-refractivity contribution in [2.75, 3.05) is 0 Å². The smallest absolute Gasteiger partial charge is 0.167 e. The Labute approximate surface area is 148 Å². The van der Waals surface area contributed by atoms with E-state index in [1.807, 2.05) is 42.5 Å². The second-order valence-corrected chi connectivity index (χ2v) is 7.34. The first-order valence-corrected chi connectivity index (χ1v) is 8.46. The lowest BCUT2D eigenvalue weighted by Gasteiger charge is -2.19. The van der Waals surface area contributed by atoms with E-state index in [2.05, 4.69) is 36.9 Å². The summed E-state index contributed by atoms with van der Waals surface area (Å²) in [5.74, 6) is 0.148. The summed E-state index contributed by atoms with van der Waals surface area (Å²) in [6, 6.07) is 16.1. The van der Waals surface area contributed by atoms with Gasteiger partial charge in [0.1, 0.15) is 12.7 Å². The van der Waals surface area contributed by atoms with Crippen LogP contribution in [-0.4, -0.2) is 20.5 Å². The molecule has 0 aliphatic carbocycles. The van der Waals surface area contributed by atoms with Gasteiger partial charge in [0.05, 0.1) is 6.54 Å². The van der Waals surface area contributed by atoms with Gasteiger partial charge in [-0.05, 0) is 28.2 Å². The summed E-state index contributed by atoms with van der Waals surface area (Å²) in [5.41, 5.74) is 4.16. The van der Waals surface area contributed by atoms with Crippen LogP contribution in [-0.2, 0) is 18.4 Å². The van der Waals surface area contributed by atoms with Crippen LogP contribution in [0.1, 0.15) is 47.8 Å². The third-order valence-electron chi connectivity index (χ3n) is 4.25. The van der Waals surface area contributed by atoms with E-state index in [0.29, 0.717) is 13.0 Å². The lowest BCUT2D eigenvalue weighted by atomic mass is 9.85. The van der Waals surface area contributed by atoms with Gasteiger partial charge in [0.25, 0.3) is 0 Å². The number of Topliss-reactive ketones (excluding diaryl/α,β-unsaturated/α-hetero) is 1. The number of carbonyl (C=O) groups excluding carboxylic acids is 1. The molecule has 0 radical (unpaired) electrons. The Morgan fingerprint density at radius 2 is 1.76 bits per heavy atom. The molecular weight excluding hydrogens is 310 g/mol. The molecule has 0 N–H and O–H groups in total. The highest BCUT2D eigenvalue weighted by atomic mass is 16.1. The summed E-state index contributed by atoms with van der Waals surface area (Å²) in [6.07, 6.45) is 3.63. The third kappa shape index (κ3) is 4.41. The Morgan fingerprint density at radius 1 is 1.04 bits per heavy atom. The monoisotopic (exact) mass is 333 g/mol. The summed E-state index contributed by atoms with van der Waals surface area (Å²) in [7, 11) is 0. The van der Waals surface area contributed by atoms with Crippen LogP contribution in [0, 0.1) is 0 Å². The number of nitrogens with zero attached hydrogens (tertiary/aromatic N) is 3. The first-order chi connectivity index (χ1) is 11.9. The van der Waals surface area contributed by atoms with E-state index in [1.54, 1.807) is 11.0 Å². The number of carbonyl (C=O) groups is 1. The zero-order chi connectivity index (χ0) is 17.9. The van der Waals surface area contributed by atoms with Gasteiger partial charge in [-0.2, -0.15) is 5.10 Å². The minimum absolute atomic E-state index is 0.0410. The second-order valence-electron chi connectivity index (χ2n) is 7.34. The van der Waals surface area contributed by atoms with Crippen molar-refractivity contribution >= 4 is 5.78 Å². The molecule has 0 bridgehead atoms. The number of benzene rings is 2. The molecule has 0 atom stereocenters. The van der Waals surface area contributed by atoms with Crippen LogP contribution in [0.25, 0.3) is 0 Å².